The van der Waals surface area contributed by atoms with Gasteiger partial charge in [-0.25, -0.2) is 0 Å². The summed E-state index contributed by atoms with van der Waals surface area (Å²) in [5.41, 5.74) is 10.8. The molecule has 0 aromatic heterocycles. The smallest absolute Gasteiger partial charge is 0.180 e. The number of thioether (sulfide) groups is 1. The summed E-state index contributed by atoms with van der Waals surface area (Å²) in [6, 6.07) is 29.4. The van der Waals surface area contributed by atoms with Crippen LogP contribution in [0.4, 0.5) is 5.69 Å². The highest BCUT2D eigenvalue weighted by Crippen LogP contribution is 2.18. The second-order valence-corrected chi connectivity index (χ2v) is 8.79. The Morgan fingerprint density at radius 1 is 0.812 bits per heavy atom. The number of hydrogen-bond acceptors (Lipinski definition) is 5. The number of anilines is 1. The van der Waals surface area contributed by atoms with Crippen molar-refractivity contribution in [1.29, 1.82) is 0 Å². The Labute approximate surface area is 194 Å². The van der Waals surface area contributed by atoms with E-state index in [1.807, 2.05) is 18.2 Å². The molecule has 5 nitrogen and oxygen atoms in total. The average molecular weight is 444 g/mol. The summed E-state index contributed by atoms with van der Waals surface area (Å²) in [6.45, 7) is 5.26. The third-order valence-corrected chi connectivity index (χ3v) is 6.33. The van der Waals surface area contributed by atoms with Crippen molar-refractivity contribution in [1.82, 2.24) is 4.90 Å². The van der Waals surface area contributed by atoms with Crippen LogP contribution >= 0.6 is 11.8 Å². The zero-order valence-electron chi connectivity index (χ0n) is 18.2. The fourth-order valence-electron chi connectivity index (χ4n) is 3.69. The average Bonchev–Trinajstić information content (AvgIpc) is 2.85. The van der Waals surface area contributed by atoms with Crippen molar-refractivity contribution in [2.45, 2.75) is 12.3 Å². The van der Waals surface area contributed by atoms with Gasteiger partial charge in [0.1, 0.15) is 0 Å². The number of nitrogens with two attached hydrogens (primary N) is 1. The molecule has 0 amide bonds. The zero-order chi connectivity index (χ0) is 22.0. The van der Waals surface area contributed by atoms with E-state index in [4.69, 9.17) is 5.73 Å². The van der Waals surface area contributed by atoms with E-state index in [1.165, 1.54) is 28.6 Å². The minimum absolute atomic E-state index is 0.468. The Morgan fingerprint density at radius 2 is 1.44 bits per heavy atom. The Balaban J connectivity index is 1.23. The molecule has 164 valence electrons. The van der Waals surface area contributed by atoms with Gasteiger partial charge in [-0.15, -0.1) is 5.10 Å². The first-order valence-electron chi connectivity index (χ1n) is 10.9. The number of piperazine rings is 1. The van der Waals surface area contributed by atoms with E-state index in [2.05, 4.69) is 86.7 Å². The van der Waals surface area contributed by atoms with Crippen molar-refractivity contribution >= 4 is 28.8 Å². The molecule has 32 heavy (non-hydrogen) atoms. The van der Waals surface area contributed by atoms with Crippen LogP contribution in [0.2, 0.25) is 0 Å². The van der Waals surface area contributed by atoms with E-state index in [0.717, 1.165) is 44.0 Å². The maximum Gasteiger partial charge on any atom is 0.180 e. The van der Waals surface area contributed by atoms with Gasteiger partial charge >= 0.3 is 0 Å². The molecule has 0 aliphatic carbocycles. The number of benzene rings is 3. The number of nitrogens with zero attached hydrogens (tertiary/aromatic N) is 4. The van der Waals surface area contributed by atoms with Gasteiger partial charge in [-0.3, -0.25) is 4.90 Å². The van der Waals surface area contributed by atoms with Gasteiger partial charge in [-0.05, 0) is 28.8 Å². The van der Waals surface area contributed by atoms with Gasteiger partial charge in [-0.1, -0.05) is 84.6 Å². The predicted octanol–water partition coefficient (Wildman–Crippen LogP) is 4.59. The molecule has 3 aromatic carbocycles. The van der Waals surface area contributed by atoms with Crippen molar-refractivity contribution in [2.24, 2.45) is 15.9 Å². The molecule has 2 N–H and O–H groups in total. The Kier molecular flexibility index (Phi) is 7.95. The standard InChI is InChI=1S/C26H29N5S/c27-26(32-21-24-9-5-2-6-10-24)29-28-19-22-11-13-25(14-12-22)31-17-15-30(16-18-31)20-23-7-3-1-4-8-23/h1-14,19H,15-18,20-21H2,(H2,27,29). The predicted molar refractivity (Wildman–Crippen MR) is 137 cm³/mol. The highest BCUT2D eigenvalue weighted by molar-refractivity contribution is 8.13. The first kappa shape index (κ1) is 22.1. The maximum absolute atomic E-state index is 5.96. The van der Waals surface area contributed by atoms with Crippen LogP contribution in [0, 0.1) is 0 Å². The van der Waals surface area contributed by atoms with Crippen LogP contribution in [0.15, 0.2) is 95.1 Å². The summed E-state index contributed by atoms with van der Waals surface area (Å²) in [5.74, 6) is 0.791. The fourth-order valence-corrected chi connectivity index (χ4v) is 4.30. The second-order valence-electron chi connectivity index (χ2n) is 7.80. The molecule has 0 radical (unpaired) electrons. The molecule has 4 rings (SSSR count). The highest BCUT2D eigenvalue weighted by atomic mass is 32.2. The Bertz CT molecular complexity index is 1010. The topological polar surface area (TPSA) is 57.2 Å². The molecule has 0 unspecified atom stereocenters. The molecule has 0 atom stereocenters. The van der Waals surface area contributed by atoms with Gasteiger partial charge < -0.3 is 10.6 Å². The number of hydrogen-bond donors (Lipinski definition) is 1. The van der Waals surface area contributed by atoms with Crippen LogP contribution in [0.1, 0.15) is 16.7 Å². The molecule has 1 fully saturated rings. The van der Waals surface area contributed by atoms with Crippen LogP contribution < -0.4 is 10.6 Å². The summed E-state index contributed by atoms with van der Waals surface area (Å²) in [5, 5.41) is 8.71. The van der Waals surface area contributed by atoms with Crippen LogP contribution in [-0.4, -0.2) is 42.5 Å². The largest absolute Gasteiger partial charge is 0.377 e. The molecular formula is C26H29N5S. The molecule has 0 saturated carbocycles. The van der Waals surface area contributed by atoms with Crippen molar-refractivity contribution in [3.63, 3.8) is 0 Å². The summed E-state index contributed by atoms with van der Waals surface area (Å²) in [7, 11) is 0. The maximum atomic E-state index is 5.96. The van der Waals surface area contributed by atoms with Gasteiger partial charge in [0.25, 0.3) is 0 Å². The summed E-state index contributed by atoms with van der Waals surface area (Å²) < 4.78 is 0. The normalized spacial score (nSPS) is 15.4. The van der Waals surface area contributed by atoms with Gasteiger partial charge in [0, 0.05) is 44.2 Å². The van der Waals surface area contributed by atoms with Gasteiger partial charge in [0.05, 0.1) is 6.21 Å². The minimum atomic E-state index is 0.468. The third kappa shape index (κ3) is 6.70. The van der Waals surface area contributed by atoms with E-state index in [0.29, 0.717) is 5.17 Å². The number of rotatable bonds is 7. The van der Waals surface area contributed by atoms with Crippen LogP contribution in [0.25, 0.3) is 0 Å². The zero-order valence-corrected chi connectivity index (χ0v) is 19.0. The van der Waals surface area contributed by atoms with Crippen molar-refractivity contribution in [3.05, 3.63) is 102 Å². The summed E-state index contributed by atoms with van der Waals surface area (Å²) >= 11 is 1.49. The van der Waals surface area contributed by atoms with Crippen molar-refractivity contribution < 1.29 is 0 Å². The molecule has 1 aliphatic heterocycles. The molecule has 1 aliphatic rings. The first-order chi connectivity index (χ1) is 15.8. The lowest BCUT2D eigenvalue weighted by atomic mass is 10.1. The van der Waals surface area contributed by atoms with Crippen LogP contribution in [0.5, 0.6) is 0 Å². The first-order valence-corrected chi connectivity index (χ1v) is 11.9. The quantitative estimate of drug-likeness (QED) is 0.330. The van der Waals surface area contributed by atoms with Crippen LogP contribution in [0.3, 0.4) is 0 Å². The highest BCUT2D eigenvalue weighted by Gasteiger charge is 2.17. The van der Waals surface area contributed by atoms with E-state index in [1.54, 1.807) is 6.21 Å². The summed E-state index contributed by atoms with van der Waals surface area (Å²) in [6.07, 6.45) is 1.75. The second kappa shape index (κ2) is 11.5. The fraction of sp³-hybridized carbons (Fsp3) is 0.231. The van der Waals surface area contributed by atoms with Crippen molar-refractivity contribution in [2.75, 3.05) is 31.1 Å². The lowest BCUT2D eigenvalue weighted by Gasteiger charge is -2.36. The van der Waals surface area contributed by atoms with E-state index in [-0.39, 0.29) is 0 Å². The summed E-state index contributed by atoms with van der Waals surface area (Å²) in [4.78, 5) is 4.96. The van der Waals surface area contributed by atoms with E-state index < -0.39 is 0 Å². The van der Waals surface area contributed by atoms with Gasteiger partial charge in [-0.2, -0.15) is 5.10 Å². The SMILES string of the molecule is NC(=NN=Cc1ccc(N2CCN(Cc3ccccc3)CC2)cc1)SCc1ccccc1. The van der Waals surface area contributed by atoms with E-state index in [9.17, 15) is 0 Å². The van der Waals surface area contributed by atoms with Crippen LogP contribution in [-0.2, 0) is 12.3 Å². The Hall–Kier alpha value is -3.09. The molecule has 1 heterocycles. The lowest BCUT2D eigenvalue weighted by Crippen LogP contribution is -2.45. The van der Waals surface area contributed by atoms with Crippen molar-refractivity contribution in [3.8, 4) is 0 Å². The third-order valence-electron chi connectivity index (χ3n) is 5.47. The molecule has 1 saturated heterocycles. The monoisotopic (exact) mass is 443 g/mol. The Morgan fingerprint density at radius 3 is 2.09 bits per heavy atom. The van der Waals surface area contributed by atoms with Gasteiger partial charge in [0.2, 0.25) is 0 Å². The number of amidine groups is 1. The van der Waals surface area contributed by atoms with E-state index >= 15 is 0 Å². The van der Waals surface area contributed by atoms with Gasteiger partial charge in [0.15, 0.2) is 5.17 Å². The molecular weight excluding hydrogens is 414 g/mol. The minimum Gasteiger partial charge on any atom is -0.377 e. The molecule has 6 heteroatoms. The molecule has 0 bridgehead atoms. The molecule has 3 aromatic rings. The lowest BCUT2D eigenvalue weighted by molar-refractivity contribution is 0.250. The molecule has 0 spiro atoms.